The number of nitrogens with zero attached hydrogens (tertiary/aromatic N) is 3. The van der Waals surface area contributed by atoms with E-state index in [1.807, 2.05) is 0 Å². The maximum absolute atomic E-state index is 5.54. The second kappa shape index (κ2) is 6.76. The Morgan fingerprint density at radius 3 is 2.94 bits per heavy atom. The molecule has 0 spiro atoms. The van der Waals surface area contributed by atoms with Gasteiger partial charge in [0.2, 0.25) is 5.95 Å². The highest BCUT2D eigenvalue weighted by Gasteiger charge is 2.07. The molecular weight excluding hydrogens is 282 g/mol. The van der Waals surface area contributed by atoms with Crippen molar-refractivity contribution in [3.8, 4) is 0 Å². The summed E-state index contributed by atoms with van der Waals surface area (Å²) < 4.78 is 0.831. The van der Waals surface area contributed by atoms with E-state index in [0.717, 1.165) is 29.8 Å². The topological polar surface area (TPSA) is 67.1 Å². The standard InChI is InChI=1S/C11H20BrN5/c1-4-8(2)17(3)6-5-14-10-9(12)7-15-11(13)16-10/h7-8H,4-6H2,1-3H3,(H3,13,14,15,16). The summed E-state index contributed by atoms with van der Waals surface area (Å²) in [6, 6.07) is 0.593. The first-order chi connectivity index (χ1) is 8.04. The summed E-state index contributed by atoms with van der Waals surface area (Å²) in [5, 5.41) is 3.24. The molecule has 0 radical (unpaired) electrons. The van der Waals surface area contributed by atoms with E-state index in [9.17, 15) is 0 Å². The van der Waals surface area contributed by atoms with Crippen LogP contribution in [0.2, 0.25) is 0 Å². The third kappa shape index (κ3) is 4.47. The number of hydrogen-bond acceptors (Lipinski definition) is 5. The first kappa shape index (κ1) is 14.2. The number of nitrogens with two attached hydrogens (primary N) is 1. The zero-order valence-electron chi connectivity index (χ0n) is 10.6. The highest BCUT2D eigenvalue weighted by molar-refractivity contribution is 9.10. The molecule has 0 saturated heterocycles. The Morgan fingerprint density at radius 1 is 1.59 bits per heavy atom. The molecular formula is C11H20BrN5. The van der Waals surface area contributed by atoms with Gasteiger partial charge in [-0.25, -0.2) is 4.98 Å². The number of anilines is 2. The Morgan fingerprint density at radius 2 is 2.29 bits per heavy atom. The van der Waals surface area contributed by atoms with Crippen molar-refractivity contribution in [3.05, 3.63) is 10.7 Å². The molecule has 0 bridgehead atoms. The average molecular weight is 302 g/mol. The Balaban J connectivity index is 2.43. The Hall–Kier alpha value is -0.880. The summed E-state index contributed by atoms with van der Waals surface area (Å²) >= 11 is 3.38. The number of likely N-dealkylation sites (N-methyl/N-ethyl adjacent to an activating group) is 1. The maximum Gasteiger partial charge on any atom is 0.221 e. The average Bonchev–Trinajstić information content (AvgIpc) is 2.32. The van der Waals surface area contributed by atoms with Crippen molar-refractivity contribution in [2.45, 2.75) is 26.3 Å². The smallest absolute Gasteiger partial charge is 0.221 e. The SMILES string of the molecule is CCC(C)N(C)CCNc1nc(N)ncc1Br. The van der Waals surface area contributed by atoms with Gasteiger partial charge in [-0.2, -0.15) is 4.98 Å². The monoisotopic (exact) mass is 301 g/mol. The van der Waals surface area contributed by atoms with Crippen LogP contribution in [0.4, 0.5) is 11.8 Å². The van der Waals surface area contributed by atoms with Gasteiger partial charge in [0, 0.05) is 25.3 Å². The van der Waals surface area contributed by atoms with E-state index in [1.54, 1.807) is 6.20 Å². The van der Waals surface area contributed by atoms with E-state index >= 15 is 0 Å². The lowest BCUT2D eigenvalue weighted by Crippen LogP contribution is -2.32. The fourth-order valence-electron chi connectivity index (χ4n) is 1.39. The van der Waals surface area contributed by atoms with E-state index in [4.69, 9.17) is 5.73 Å². The molecule has 1 unspecified atom stereocenters. The predicted octanol–water partition coefficient (Wildman–Crippen LogP) is 1.96. The number of nitrogens with one attached hydrogen (secondary N) is 1. The Labute approximate surface area is 111 Å². The van der Waals surface area contributed by atoms with E-state index in [1.165, 1.54) is 0 Å². The van der Waals surface area contributed by atoms with Crippen molar-refractivity contribution in [1.29, 1.82) is 0 Å². The van der Waals surface area contributed by atoms with Gasteiger partial charge < -0.3 is 16.0 Å². The third-order valence-corrected chi connectivity index (χ3v) is 3.44. The lowest BCUT2D eigenvalue weighted by atomic mass is 10.2. The molecule has 1 heterocycles. The molecule has 0 aliphatic rings. The van der Waals surface area contributed by atoms with Crippen LogP contribution in [0.5, 0.6) is 0 Å². The van der Waals surface area contributed by atoms with Crippen LogP contribution in [0.1, 0.15) is 20.3 Å². The van der Waals surface area contributed by atoms with E-state index in [-0.39, 0.29) is 5.95 Å². The van der Waals surface area contributed by atoms with Gasteiger partial charge in [-0.05, 0) is 36.3 Å². The van der Waals surface area contributed by atoms with Gasteiger partial charge in [-0.15, -0.1) is 0 Å². The molecule has 1 aromatic heterocycles. The minimum atomic E-state index is 0.283. The summed E-state index contributed by atoms with van der Waals surface area (Å²) in [6.45, 7) is 6.20. The molecule has 0 saturated carbocycles. The molecule has 0 amide bonds. The highest BCUT2D eigenvalue weighted by Crippen LogP contribution is 2.18. The molecule has 1 aromatic rings. The van der Waals surface area contributed by atoms with Gasteiger partial charge in [-0.1, -0.05) is 6.92 Å². The molecule has 17 heavy (non-hydrogen) atoms. The van der Waals surface area contributed by atoms with Crippen LogP contribution in [-0.2, 0) is 0 Å². The van der Waals surface area contributed by atoms with Crippen molar-refractivity contribution in [2.75, 3.05) is 31.2 Å². The van der Waals surface area contributed by atoms with E-state index in [0.29, 0.717) is 6.04 Å². The van der Waals surface area contributed by atoms with Crippen LogP contribution in [0.25, 0.3) is 0 Å². The Bertz CT molecular complexity index is 358. The van der Waals surface area contributed by atoms with Crippen LogP contribution < -0.4 is 11.1 Å². The second-order valence-electron chi connectivity index (χ2n) is 4.09. The number of hydrogen-bond donors (Lipinski definition) is 2. The number of aromatic nitrogens is 2. The lowest BCUT2D eigenvalue weighted by molar-refractivity contribution is 0.261. The molecule has 0 aliphatic heterocycles. The maximum atomic E-state index is 5.54. The van der Waals surface area contributed by atoms with Gasteiger partial charge in [0.15, 0.2) is 0 Å². The number of nitrogen functional groups attached to an aromatic ring is 1. The molecule has 5 nitrogen and oxygen atoms in total. The number of rotatable bonds is 6. The molecule has 1 atom stereocenters. The molecule has 6 heteroatoms. The van der Waals surface area contributed by atoms with Gasteiger partial charge in [-0.3, -0.25) is 0 Å². The highest BCUT2D eigenvalue weighted by atomic mass is 79.9. The van der Waals surface area contributed by atoms with Crippen LogP contribution in [0.3, 0.4) is 0 Å². The summed E-state index contributed by atoms with van der Waals surface area (Å²) in [6.07, 6.45) is 2.81. The van der Waals surface area contributed by atoms with Gasteiger partial charge in [0.05, 0.1) is 4.47 Å². The van der Waals surface area contributed by atoms with E-state index in [2.05, 4.69) is 57.0 Å². The quantitative estimate of drug-likeness (QED) is 0.841. The third-order valence-electron chi connectivity index (χ3n) is 2.86. The van der Waals surface area contributed by atoms with Crippen molar-refractivity contribution in [3.63, 3.8) is 0 Å². The predicted molar refractivity (Wildman–Crippen MR) is 75.0 cm³/mol. The minimum absolute atomic E-state index is 0.283. The molecule has 0 fully saturated rings. The summed E-state index contributed by atoms with van der Waals surface area (Å²) in [7, 11) is 2.12. The molecule has 3 N–H and O–H groups in total. The Kier molecular flexibility index (Phi) is 5.64. The summed E-state index contributed by atoms with van der Waals surface area (Å²) in [4.78, 5) is 10.3. The van der Waals surface area contributed by atoms with Gasteiger partial charge in [0.25, 0.3) is 0 Å². The molecule has 0 aromatic carbocycles. The molecule has 1 rings (SSSR count). The fraction of sp³-hybridized carbons (Fsp3) is 0.636. The summed E-state index contributed by atoms with van der Waals surface area (Å²) in [5.74, 6) is 1.03. The van der Waals surface area contributed by atoms with Crippen LogP contribution in [0, 0.1) is 0 Å². The van der Waals surface area contributed by atoms with Crippen molar-refractivity contribution in [2.24, 2.45) is 0 Å². The minimum Gasteiger partial charge on any atom is -0.368 e. The zero-order chi connectivity index (χ0) is 12.8. The number of halogens is 1. The zero-order valence-corrected chi connectivity index (χ0v) is 12.2. The summed E-state index contributed by atoms with van der Waals surface area (Å²) in [5.41, 5.74) is 5.54. The van der Waals surface area contributed by atoms with Gasteiger partial charge in [0.1, 0.15) is 5.82 Å². The first-order valence-electron chi connectivity index (χ1n) is 5.76. The lowest BCUT2D eigenvalue weighted by Gasteiger charge is -2.23. The van der Waals surface area contributed by atoms with Crippen molar-refractivity contribution >= 4 is 27.7 Å². The van der Waals surface area contributed by atoms with Crippen LogP contribution in [-0.4, -0.2) is 41.0 Å². The molecule has 96 valence electrons. The fourth-order valence-corrected chi connectivity index (χ4v) is 1.72. The second-order valence-corrected chi connectivity index (χ2v) is 4.94. The van der Waals surface area contributed by atoms with Crippen LogP contribution in [0.15, 0.2) is 10.7 Å². The molecule has 0 aliphatic carbocycles. The first-order valence-corrected chi connectivity index (χ1v) is 6.56. The normalized spacial score (nSPS) is 12.8. The van der Waals surface area contributed by atoms with Crippen LogP contribution >= 0.6 is 15.9 Å². The van der Waals surface area contributed by atoms with Crippen molar-refractivity contribution < 1.29 is 0 Å². The van der Waals surface area contributed by atoms with Crippen molar-refractivity contribution in [1.82, 2.24) is 14.9 Å². The van der Waals surface area contributed by atoms with Gasteiger partial charge >= 0.3 is 0 Å². The van der Waals surface area contributed by atoms with E-state index < -0.39 is 0 Å². The largest absolute Gasteiger partial charge is 0.368 e.